The number of alkyl halides is 1. The molecule has 0 amide bonds. The van der Waals surface area contributed by atoms with Crippen LogP contribution in [0.3, 0.4) is 0 Å². The van der Waals surface area contributed by atoms with Crippen LogP contribution < -0.4 is 0 Å². The molecule has 0 N–H and O–H groups in total. The molecule has 1 fully saturated rings. The molecule has 2 heterocycles. The lowest BCUT2D eigenvalue weighted by Crippen LogP contribution is -2.33. The van der Waals surface area contributed by atoms with Crippen LogP contribution in [0.1, 0.15) is 44.9 Å². The van der Waals surface area contributed by atoms with Crippen LogP contribution in [-0.4, -0.2) is 14.5 Å². The molecule has 102 valence electrons. The Morgan fingerprint density at radius 3 is 2.79 bits per heavy atom. The van der Waals surface area contributed by atoms with E-state index in [9.17, 15) is 0 Å². The van der Waals surface area contributed by atoms with E-state index in [1.54, 1.807) is 0 Å². The molecule has 0 atom stereocenters. The first-order valence-corrected chi connectivity index (χ1v) is 8.06. The molecule has 19 heavy (non-hydrogen) atoms. The monoisotopic (exact) mass is 341 g/mol. The Balaban J connectivity index is 2.20. The second-order valence-corrected chi connectivity index (χ2v) is 6.73. The summed E-state index contributed by atoms with van der Waals surface area (Å²) < 4.78 is 3.24. The number of hydrogen-bond donors (Lipinski definition) is 0. The van der Waals surface area contributed by atoms with Gasteiger partial charge in [0.2, 0.25) is 0 Å². The van der Waals surface area contributed by atoms with Gasteiger partial charge in [-0.25, -0.2) is 9.97 Å². The van der Waals surface area contributed by atoms with Gasteiger partial charge in [0, 0.05) is 16.2 Å². The normalized spacial score (nSPS) is 18.9. The van der Waals surface area contributed by atoms with Crippen LogP contribution in [0.15, 0.2) is 16.7 Å². The summed E-state index contributed by atoms with van der Waals surface area (Å²) in [6.45, 7) is 2.31. The second-order valence-electron chi connectivity index (χ2n) is 5.55. The minimum atomic E-state index is 0.109. The molecule has 1 aliphatic rings. The maximum absolute atomic E-state index is 6.10. The van der Waals surface area contributed by atoms with Crippen LogP contribution >= 0.6 is 27.5 Å². The highest BCUT2D eigenvalue weighted by Crippen LogP contribution is 2.38. The zero-order valence-electron chi connectivity index (χ0n) is 11.0. The van der Waals surface area contributed by atoms with Crippen molar-refractivity contribution in [3.63, 3.8) is 0 Å². The van der Waals surface area contributed by atoms with Crippen molar-refractivity contribution in [3.05, 3.63) is 22.6 Å². The first-order chi connectivity index (χ1) is 9.14. The van der Waals surface area contributed by atoms with E-state index >= 15 is 0 Å². The summed E-state index contributed by atoms with van der Waals surface area (Å²) in [5.41, 5.74) is 2.00. The Bertz CT molecular complexity index is 602. The molecule has 0 aromatic carbocycles. The summed E-state index contributed by atoms with van der Waals surface area (Å²) in [4.78, 5) is 9.22. The number of halogens is 2. The zero-order valence-corrected chi connectivity index (χ0v) is 13.3. The fourth-order valence-electron chi connectivity index (χ4n) is 3.18. The minimum Gasteiger partial charge on any atom is -0.306 e. The van der Waals surface area contributed by atoms with E-state index in [1.807, 2.05) is 12.3 Å². The average Bonchev–Trinajstić information content (AvgIpc) is 2.77. The van der Waals surface area contributed by atoms with E-state index in [-0.39, 0.29) is 5.54 Å². The van der Waals surface area contributed by atoms with Crippen LogP contribution in [0.5, 0.6) is 0 Å². The Morgan fingerprint density at radius 1 is 1.37 bits per heavy atom. The highest BCUT2D eigenvalue weighted by molar-refractivity contribution is 9.10. The summed E-state index contributed by atoms with van der Waals surface area (Å²) in [5.74, 6) is 1.37. The molecule has 2 aromatic heterocycles. The van der Waals surface area contributed by atoms with Crippen molar-refractivity contribution >= 4 is 38.7 Å². The van der Waals surface area contributed by atoms with Crippen molar-refractivity contribution in [2.24, 2.45) is 0 Å². The number of pyridine rings is 1. The highest BCUT2D eigenvalue weighted by Gasteiger charge is 2.32. The third-order valence-corrected chi connectivity index (χ3v) is 4.80. The molecule has 0 unspecified atom stereocenters. The van der Waals surface area contributed by atoms with Gasteiger partial charge in [0.1, 0.15) is 11.3 Å². The van der Waals surface area contributed by atoms with E-state index < -0.39 is 0 Å². The number of rotatable bonds is 2. The smallest absolute Gasteiger partial charge is 0.160 e. The molecular formula is C14H17BrClN3. The molecule has 2 aromatic rings. The topological polar surface area (TPSA) is 30.7 Å². The van der Waals surface area contributed by atoms with Gasteiger partial charge in [0.25, 0.3) is 0 Å². The van der Waals surface area contributed by atoms with E-state index in [1.165, 1.54) is 32.1 Å². The van der Waals surface area contributed by atoms with Crippen LogP contribution in [0.4, 0.5) is 0 Å². The lowest BCUT2D eigenvalue weighted by Gasteiger charge is -2.36. The van der Waals surface area contributed by atoms with E-state index in [0.717, 1.165) is 21.5 Å². The van der Waals surface area contributed by atoms with E-state index in [4.69, 9.17) is 11.6 Å². The number of nitrogens with zero attached hydrogens (tertiary/aromatic N) is 3. The highest BCUT2D eigenvalue weighted by atomic mass is 79.9. The number of aromatic nitrogens is 3. The van der Waals surface area contributed by atoms with E-state index in [2.05, 4.69) is 37.4 Å². The van der Waals surface area contributed by atoms with Gasteiger partial charge in [-0.15, -0.1) is 11.6 Å². The standard InChI is InChI=1S/C14H17BrClN3/c1-14(5-3-2-4-6-14)19-12(8-16)18-11-7-10(15)9-17-13(11)19/h7,9H,2-6,8H2,1H3. The van der Waals surface area contributed by atoms with Crippen molar-refractivity contribution in [1.82, 2.24) is 14.5 Å². The van der Waals surface area contributed by atoms with Gasteiger partial charge < -0.3 is 4.57 Å². The summed E-state index contributed by atoms with van der Waals surface area (Å²) >= 11 is 9.55. The third-order valence-electron chi connectivity index (χ3n) is 4.12. The molecule has 1 saturated carbocycles. The molecule has 0 radical (unpaired) electrons. The van der Waals surface area contributed by atoms with Gasteiger partial charge >= 0.3 is 0 Å². The Kier molecular flexibility index (Phi) is 3.56. The number of hydrogen-bond acceptors (Lipinski definition) is 2. The summed E-state index contributed by atoms with van der Waals surface area (Å²) in [6, 6.07) is 2.01. The largest absolute Gasteiger partial charge is 0.306 e. The molecule has 0 saturated heterocycles. The lowest BCUT2D eigenvalue weighted by molar-refractivity contribution is 0.219. The van der Waals surface area contributed by atoms with Crippen molar-refractivity contribution < 1.29 is 0 Å². The number of imidazole rings is 1. The fraction of sp³-hybridized carbons (Fsp3) is 0.571. The van der Waals surface area contributed by atoms with E-state index in [0.29, 0.717) is 5.88 Å². The first kappa shape index (κ1) is 13.4. The first-order valence-electron chi connectivity index (χ1n) is 6.73. The molecule has 1 aliphatic carbocycles. The summed E-state index contributed by atoms with van der Waals surface area (Å²) in [5, 5.41) is 0. The van der Waals surface area contributed by atoms with Crippen molar-refractivity contribution in [1.29, 1.82) is 0 Å². The van der Waals surface area contributed by atoms with Crippen LogP contribution in [0.2, 0.25) is 0 Å². The second kappa shape index (κ2) is 5.06. The molecule has 0 bridgehead atoms. The summed E-state index contributed by atoms with van der Waals surface area (Å²) in [6.07, 6.45) is 8.07. The summed E-state index contributed by atoms with van der Waals surface area (Å²) in [7, 11) is 0. The van der Waals surface area contributed by atoms with Crippen molar-refractivity contribution in [2.45, 2.75) is 50.4 Å². The Morgan fingerprint density at radius 2 is 2.11 bits per heavy atom. The van der Waals surface area contributed by atoms with Gasteiger partial charge in [-0.2, -0.15) is 0 Å². The lowest BCUT2D eigenvalue weighted by atomic mass is 9.83. The minimum absolute atomic E-state index is 0.109. The molecule has 5 heteroatoms. The van der Waals surface area contributed by atoms with Gasteiger partial charge in [0.05, 0.1) is 5.88 Å². The SMILES string of the molecule is CC1(n2c(CCl)nc3cc(Br)cnc32)CCCCC1. The quantitative estimate of drug-likeness (QED) is 0.746. The molecule has 3 nitrogen and oxygen atoms in total. The third kappa shape index (κ3) is 2.29. The van der Waals surface area contributed by atoms with Crippen LogP contribution in [-0.2, 0) is 11.4 Å². The van der Waals surface area contributed by atoms with Gasteiger partial charge in [-0.05, 0) is 41.8 Å². The van der Waals surface area contributed by atoms with Crippen molar-refractivity contribution in [2.75, 3.05) is 0 Å². The average molecular weight is 343 g/mol. The molecule has 3 rings (SSSR count). The predicted molar refractivity (Wildman–Crippen MR) is 81.5 cm³/mol. The Hall–Kier alpha value is -0.610. The maximum Gasteiger partial charge on any atom is 0.160 e. The predicted octanol–water partition coefficient (Wildman–Crippen LogP) is 4.61. The Labute approximate surface area is 126 Å². The van der Waals surface area contributed by atoms with Gasteiger partial charge in [-0.3, -0.25) is 0 Å². The molecule has 0 spiro atoms. The van der Waals surface area contributed by atoms with Gasteiger partial charge in [-0.1, -0.05) is 19.3 Å². The van der Waals surface area contributed by atoms with Crippen LogP contribution in [0.25, 0.3) is 11.2 Å². The fourth-order valence-corrected chi connectivity index (χ4v) is 3.68. The van der Waals surface area contributed by atoms with Gasteiger partial charge in [0.15, 0.2) is 5.65 Å². The van der Waals surface area contributed by atoms with Crippen molar-refractivity contribution in [3.8, 4) is 0 Å². The van der Waals surface area contributed by atoms with Crippen LogP contribution in [0, 0.1) is 0 Å². The maximum atomic E-state index is 6.10. The molecule has 0 aliphatic heterocycles. The number of fused-ring (bicyclic) bond motifs is 1. The zero-order chi connectivity index (χ0) is 13.5. The molecular weight excluding hydrogens is 326 g/mol.